The first-order valence-corrected chi connectivity index (χ1v) is 6.45. The molecule has 0 spiro atoms. The average molecular weight is 285 g/mol. The molecule has 19 heavy (non-hydrogen) atoms. The maximum Gasteiger partial charge on any atom is 0.252 e. The van der Waals surface area contributed by atoms with Gasteiger partial charge >= 0.3 is 0 Å². The van der Waals surface area contributed by atoms with E-state index in [1.807, 2.05) is 6.92 Å². The minimum Gasteiger partial charge on any atom is -0.508 e. The number of rotatable bonds is 6. The molecule has 1 aromatic carbocycles. The van der Waals surface area contributed by atoms with Crippen molar-refractivity contribution in [1.29, 1.82) is 0 Å². The highest BCUT2D eigenvalue weighted by molar-refractivity contribution is 6.33. The van der Waals surface area contributed by atoms with E-state index in [1.54, 1.807) is 0 Å². The molecule has 0 aromatic heterocycles. The number of carbonyl (C=O) groups excluding carboxylic acids is 2. The van der Waals surface area contributed by atoms with E-state index in [0.717, 1.165) is 6.42 Å². The molecule has 6 heteroatoms. The Bertz CT molecular complexity index is 463. The normalized spacial score (nSPS) is 10.0. The number of phenolic OH excluding ortho intramolecular Hbond substituents is 1. The van der Waals surface area contributed by atoms with Crippen molar-refractivity contribution in [1.82, 2.24) is 10.6 Å². The molecule has 0 bridgehead atoms. The quantitative estimate of drug-likeness (QED) is 0.744. The number of aromatic hydroxyl groups is 1. The number of carbonyl (C=O) groups is 2. The summed E-state index contributed by atoms with van der Waals surface area (Å²) in [4.78, 5) is 23.1. The highest BCUT2D eigenvalue weighted by atomic mass is 35.5. The predicted molar refractivity (Wildman–Crippen MR) is 73.4 cm³/mol. The first-order chi connectivity index (χ1) is 9.04. The van der Waals surface area contributed by atoms with Crippen molar-refractivity contribution >= 4 is 23.4 Å². The molecule has 0 radical (unpaired) electrons. The monoisotopic (exact) mass is 284 g/mol. The molecule has 0 fully saturated rings. The molecule has 0 aliphatic heterocycles. The number of benzene rings is 1. The van der Waals surface area contributed by atoms with Gasteiger partial charge in [0.25, 0.3) is 5.91 Å². The van der Waals surface area contributed by atoms with Crippen LogP contribution in [0.4, 0.5) is 0 Å². The third-order valence-electron chi connectivity index (χ3n) is 2.40. The van der Waals surface area contributed by atoms with E-state index in [2.05, 4.69) is 10.6 Å². The summed E-state index contributed by atoms with van der Waals surface area (Å²) in [7, 11) is 0. The first kappa shape index (κ1) is 15.3. The molecule has 1 rings (SSSR count). The summed E-state index contributed by atoms with van der Waals surface area (Å²) in [6.07, 6.45) is 1.08. The fourth-order valence-electron chi connectivity index (χ4n) is 1.42. The van der Waals surface area contributed by atoms with Gasteiger partial charge in [-0.25, -0.2) is 0 Å². The lowest BCUT2D eigenvalue weighted by Gasteiger charge is -2.07. The molecule has 0 saturated heterocycles. The first-order valence-electron chi connectivity index (χ1n) is 6.08. The second-order valence-electron chi connectivity index (χ2n) is 4.02. The van der Waals surface area contributed by atoms with Crippen LogP contribution >= 0.6 is 11.6 Å². The van der Waals surface area contributed by atoms with Gasteiger partial charge in [-0.1, -0.05) is 18.5 Å². The Labute approximate surface area is 117 Å². The summed E-state index contributed by atoms with van der Waals surface area (Å²) in [6.45, 7) is 2.82. The molecule has 0 saturated carbocycles. The van der Waals surface area contributed by atoms with Crippen LogP contribution in [0.2, 0.25) is 5.02 Å². The second-order valence-corrected chi connectivity index (χ2v) is 4.43. The van der Waals surface area contributed by atoms with Gasteiger partial charge in [0, 0.05) is 19.5 Å². The predicted octanol–water partition coefficient (Wildman–Crippen LogP) is 1.69. The highest BCUT2D eigenvalue weighted by Gasteiger charge is 2.11. The maximum absolute atomic E-state index is 11.8. The molecule has 2 amide bonds. The van der Waals surface area contributed by atoms with Crippen LogP contribution in [0.5, 0.6) is 5.75 Å². The van der Waals surface area contributed by atoms with Crippen molar-refractivity contribution < 1.29 is 14.7 Å². The van der Waals surface area contributed by atoms with E-state index in [4.69, 9.17) is 11.6 Å². The average Bonchev–Trinajstić information content (AvgIpc) is 2.39. The summed E-state index contributed by atoms with van der Waals surface area (Å²) in [5, 5.41) is 14.8. The smallest absolute Gasteiger partial charge is 0.252 e. The van der Waals surface area contributed by atoms with Gasteiger partial charge in [-0.05, 0) is 24.6 Å². The van der Waals surface area contributed by atoms with Gasteiger partial charge in [-0.3, -0.25) is 9.59 Å². The molecule has 5 nitrogen and oxygen atoms in total. The van der Waals surface area contributed by atoms with Crippen molar-refractivity contribution in [3.63, 3.8) is 0 Å². The Hall–Kier alpha value is -1.75. The third kappa shape index (κ3) is 5.18. The lowest BCUT2D eigenvalue weighted by molar-refractivity contribution is -0.120. The fourth-order valence-corrected chi connectivity index (χ4v) is 1.63. The molecule has 0 heterocycles. The van der Waals surface area contributed by atoms with Crippen LogP contribution in [-0.4, -0.2) is 30.0 Å². The van der Waals surface area contributed by atoms with Crippen molar-refractivity contribution in [2.24, 2.45) is 0 Å². The van der Waals surface area contributed by atoms with E-state index < -0.39 is 5.91 Å². The summed E-state index contributed by atoms with van der Waals surface area (Å²) in [5.74, 6) is -0.552. The molecule has 104 valence electrons. The second kappa shape index (κ2) is 7.63. The zero-order valence-corrected chi connectivity index (χ0v) is 11.5. The Morgan fingerprint density at radius 2 is 2.00 bits per heavy atom. The molecule has 1 aromatic rings. The van der Waals surface area contributed by atoms with Crippen LogP contribution in [-0.2, 0) is 4.79 Å². The van der Waals surface area contributed by atoms with Crippen molar-refractivity contribution in [3.8, 4) is 5.75 Å². The van der Waals surface area contributed by atoms with Gasteiger partial charge in [0.2, 0.25) is 5.91 Å². The van der Waals surface area contributed by atoms with E-state index in [1.165, 1.54) is 18.2 Å². The summed E-state index contributed by atoms with van der Waals surface area (Å²) in [5.41, 5.74) is 0.190. The van der Waals surface area contributed by atoms with E-state index in [9.17, 15) is 14.7 Å². The summed E-state index contributed by atoms with van der Waals surface area (Å²) in [6, 6.07) is 4.13. The lowest BCUT2D eigenvalue weighted by atomic mass is 10.2. The SMILES string of the molecule is CCCNC(=O)CCNC(=O)c1cc(O)ccc1Cl. The Kier molecular flexibility index (Phi) is 6.15. The largest absolute Gasteiger partial charge is 0.508 e. The van der Waals surface area contributed by atoms with Crippen molar-refractivity contribution in [2.75, 3.05) is 13.1 Å². The van der Waals surface area contributed by atoms with Gasteiger partial charge in [0.1, 0.15) is 5.75 Å². The number of nitrogens with one attached hydrogen (secondary N) is 2. The molecule has 0 aliphatic rings. The summed E-state index contributed by atoms with van der Waals surface area (Å²) >= 11 is 5.85. The molecule has 0 aliphatic carbocycles. The fraction of sp³-hybridized carbons (Fsp3) is 0.385. The van der Waals surface area contributed by atoms with Crippen LogP contribution < -0.4 is 10.6 Å². The van der Waals surface area contributed by atoms with Gasteiger partial charge in [0.05, 0.1) is 10.6 Å². The number of hydrogen-bond acceptors (Lipinski definition) is 3. The number of amides is 2. The van der Waals surface area contributed by atoms with Crippen LogP contribution in [0.25, 0.3) is 0 Å². The Balaban J connectivity index is 2.43. The van der Waals surface area contributed by atoms with E-state index in [-0.39, 0.29) is 35.2 Å². The Morgan fingerprint density at radius 3 is 2.68 bits per heavy atom. The van der Waals surface area contributed by atoms with Crippen molar-refractivity contribution in [2.45, 2.75) is 19.8 Å². The summed E-state index contributed by atoms with van der Waals surface area (Å²) < 4.78 is 0. The number of halogens is 1. The highest BCUT2D eigenvalue weighted by Crippen LogP contribution is 2.20. The zero-order valence-electron chi connectivity index (χ0n) is 10.7. The van der Waals surface area contributed by atoms with Crippen LogP contribution in [0.1, 0.15) is 30.1 Å². The van der Waals surface area contributed by atoms with E-state index >= 15 is 0 Å². The molecular weight excluding hydrogens is 268 g/mol. The van der Waals surface area contributed by atoms with Crippen LogP contribution in [0.15, 0.2) is 18.2 Å². The molecule has 0 atom stereocenters. The minimum atomic E-state index is -0.413. The van der Waals surface area contributed by atoms with Gasteiger partial charge in [0.15, 0.2) is 0 Å². The van der Waals surface area contributed by atoms with Gasteiger partial charge in [-0.2, -0.15) is 0 Å². The molecular formula is C13H17ClN2O3. The van der Waals surface area contributed by atoms with Gasteiger partial charge < -0.3 is 15.7 Å². The van der Waals surface area contributed by atoms with Crippen molar-refractivity contribution in [3.05, 3.63) is 28.8 Å². The standard InChI is InChI=1S/C13H17ClN2O3/c1-2-6-15-12(18)5-7-16-13(19)10-8-9(17)3-4-11(10)14/h3-4,8,17H,2,5-7H2,1H3,(H,15,18)(H,16,19). The minimum absolute atomic E-state index is 0.0322. The van der Waals surface area contributed by atoms with Crippen LogP contribution in [0.3, 0.4) is 0 Å². The molecule has 0 unspecified atom stereocenters. The number of hydrogen-bond donors (Lipinski definition) is 3. The number of phenols is 1. The van der Waals surface area contributed by atoms with E-state index in [0.29, 0.717) is 6.54 Å². The third-order valence-corrected chi connectivity index (χ3v) is 2.73. The lowest BCUT2D eigenvalue weighted by Crippen LogP contribution is -2.31. The maximum atomic E-state index is 11.8. The van der Waals surface area contributed by atoms with Crippen LogP contribution in [0, 0.1) is 0 Å². The molecule has 3 N–H and O–H groups in total. The Morgan fingerprint density at radius 1 is 1.26 bits per heavy atom. The van der Waals surface area contributed by atoms with Gasteiger partial charge in [-0.15, -0.1) is 0 Å². The topological polar surface area (TPSA) is 78.4 Å². The zero-order chi connectivity index (χ0) is 14.3.